The summed E-state index contributed by atoms with van der Waals surface area (Å²) < 4.78 is 0. The zero-order chi connectivity index (χ0) is 5.98. The summed E-state index contributed by atoms with van der Waals surface area (Å²) in [6.45, 7) is 8.48. The Hall–Kier alpha value is -1.23. The minimum atomic E-state index is 0.613. The van der Waals surface area contributed by atoms with Gasteiger partial charge < -0.3 is 9.83 Å². The van der Waals surface area contributed by atoms with Crippen molar-refractivity contribution in [2.75, 3.05) is 0 Å². The minimum Gasteiger partial charge on any atom is -0.364 e. The number of aryl methyl sites for hydroxylation is 1. The van der Waals surface area contributed by atoms with E-state index in [2.05, 4.69) is 9.83 Å². The lowest BCUT2D eigenvalue weighted by atomic mass is 10.5. The van der Waals surface area contributed by atoms with Crippen LogP contribution in [0.1, 0.15) is 5.69 Å². The largest absolute Gasteiger partial charge is 0.364 e. The SMILES string of the molecule is [C-]#[N+]c1ccc(C)[nH]1. The molecule has 8 heavy (non-hydrogen) atoms. The quantitative estimate of drug-likeness (QED) is 0.487. The minimum absolute atomic E-state index is 0.613. The van der Waals surface area contributed by atoms with Crippen molar-refractivity contribution in [3.8, 4) is 0 Å². The summed E-state index contributed by atoms with van der Waals surface area (Å²) >= 11 is 0. The molecule has 0 amide bonds. The number of rotatable bonds is 0. The first-order valence-corrected chi connectivity index (χ1v) is 2.36. The van der Waals surface area contributed by atoms with Crippen LogP contribution in [0.4, 0.5) is 5.82 Å². The Labute approximate surface area is 48.0 Å². The molecule has 0 saturated carbocycles. The molecule has 2 heteroatoms. The average molecular weight is 106 g/mol. The van der Waals surface area contributed by atoms with E-state index in [9.17, 15) is 0 Å². The number of nitrogens with one attached hydrogen (secondary N) is 1. The summed E-state index contributed by atoms with van der Waals surface area (Å²) in [5.74, 6) is 0.613. The van der Waals surface area contributed by atoms with Crippen LogP contribution in [0.15, 0.2) is 12.1 Å². The zero-order valence-corrected chi connectivity index (χ0v) is 4.60. The van der Waals surface area contributed by atoms with Crippen molar-refractivity contribution in [3.63, 3.8) is 0 Å². The fourth-order valence-corrected chi connectivity index (χ4v) is 0.554. The molecule has 1 aromatic rings. The Morgan fingerprint density at radius 3 is 2.62 bits per heavy atom. The van der Waals surface area contributed by atoms with Crippen LogP contribution in [0, 0.1) is 13.5 Å². The van der Waals surface area contributed by atoms with Crippen molar-refractivity contribution in [2.45, 2.75) is 6.92 Å². The molecule has 0 fully saturated rings. The number of aromatic amines is 1. The maximum absolute atomic E-state index is 6.55. The Morgan fingerprint density at radius 2 is 2.38 bits per heavy atom. The molecule has 0 aliphatic heterocycles. The van der Waals surface area contributed by atoms with Crippen molar-refractivity contribution in [1.82, 2.24) is 4.98 Å². The van der Waals surface area contributed by atoms with Crippen LogP contribution < -0.4 is 0 Å². The fraction of sp³-hybridized carbons (Fsp3) is 0.167. The zero-order valence-electron chi connectivity index (χ0n) is 4.60. The molecule has 1 N–H and O–H groups in total. The molecule has 2 nitrogen and oxygen atoms in total. The molecule has 0 bridgehead atoms. The highest BCUT2D eigenvalue weighted by Crippen LogP contribution is 2.08. The van der Waals surface area contributed by atoms with Gasteiger partial charge in [0.15, 0.2) is 0 Å². The van der Waals surface area contributed by atoms with Gasteiger partial charge in [0.2, 0.25) is 5.82 Å². The Balaban J connectivity index is 3.05. The van der Waals surface area contributed by atoms with Crippen molar-refractivity contribution in [2.24, 2.45) is 0 Å². The summed E-state index contributed by atoms with van der Waals surface area (Å²) in [4.78, 5) is 6.06. The van der Waals surface area contributed by atoms with Crippen molar-refractivity contribution < 1.29 is 0 Å². The van der Waals surface area contributed by atoms with Gasteiger partial charge >= 0.3 is 0 Å². The van der Waals surface area contributed by atoms with Crippen LogP contribution in [0.25, 0.3) is 4.85 Å². The van der Waals surface area contributed by atoms with Gasteiger partial charge in [-0.3, -0.25) is 0 Å². The van der Waals surface area contributed by atoms with Crippen LogP contribution in [0.5, 0.6) is 0 Å². The summed E-state index contributed by atoms with van der Waals surface area (Å²) in [6, 6.07) is 3.65. The highest BCUT2D eigenvalue weighted by Gasteiger charge is 1.88. The molecule has 1 aromatic heterocycles. The molecule has 1 heterocycles. The fourth-order valence-electron chi connectivity index (χ4n) is 0.554. The molecular formula is C6H6N2. The first-order valence-electron chi connectivity index (χ1n) is 2.36. The molecule has 1 rings (SSSR count). The van der Waals surface area contributed by atoms with Crippen molar-refractivity contribution in [3.05, 3.63) is 29.2 Å². The van der Waals surface area contributed by atoms with E-state index in [0.29, 0.717) is 5.82 Å². The Morgan fingerprint density at radius 1 is 1.62 bits per heavy atom. The van der Waals surface area contributed by atoms with Crippen LogP contribution in [0.3, 0.4) is 0 Å². The number of hydrogen-bond donors (Lipinski definition) is 1. The third-order valence-electron chi connectivity index (χ3n) is 0.937. The van der Waals surface area contributed by atoms with Gasteiger partial charge in [-0.2, -0.15) is 0 Å². The number of aromatic nitrogens is 1. The highest BCUT2D eigenvalue weighted by molar-refractivity contribution is 5.37. The summed E-state index contributed by atoms with van der Waals surface area (Å²) in [5, 5.41) is 0. The van der Waals surface area contributed by atoms with Gasteiger partial charge in [-0.05, 0) is 19.1 Å². The predicted octanol–water partition coefficient (Wildman–Crippen LogP) is 1.87. The molecule has 0 radical (unpaired) electrons. The van der Waals surface area contributed by atoms with Gasteiger partial charge in [-0.15, -0.1) is 0 Å². The standard InChI is InChI=1S/C6H6N2/c1-5-3-4-6(7-2)8-5/h3-4,8H,1H3. The first-order chi connectivity index (χ1) is 3.83. The van der Waals surface area contributed by atoms with Gasteiger partial charge in [-0.25, -0.2) is 0 Å². The molecule has 40 valence electrons. The average Bonchev–Trinajstić information content (AvgIpc) is 2.14. The molecule has 0 spiro atoms. The molecule has 0 unspecified atom stereocenters. The van der Waals surface area contributed by atoms with Crippen LogP contribution >= 0.6 is 0 Å². The van der Waals surface area contributed by atoms with E-state index in [0.717, 1.165) is 5.69 Å². The second kappa shape index (κ2) is 1.71. The Bertz CT molecular complexity index is 217. The van der Waals surface area contributed by atoms with Crippen LogP contribution in [-0.4, -0.2) is 4.98 Å². The summed E-state index contributed by atoms with van der Waals surface area (Å²) in [7, 11) is 0. The summed E-state index contributed by atoms with van der Waals surface area (Å²) in [5.41, 5.74) is 1.04. The van der Waals surface area contributed by atoms with Crippen LogP contribution in [0.2, 0.25) is 0 Å². The van der Waals surface area contributed by atoms with E-state index in [4.69, 9.17) is 6.57 Å². The molecule has 0 aliphatic rings. The maximum Gasteiger partial charge on any atom is 0.228 e. The van der Waals surface area contributed by atoms with Crippen molar-refractivity contribution >= 4 is 5.82 Å². The highest BCUT2D eigenvalue weighted by atomic mass is 14.9. The lowest BCUT2D eigenvalue weighted by Gasteiger charge is -1.75. The second-order valence-corrected chi connectivity index (χ2v) is 1.64. The van der Waals surface area contributed by atoms with Crippen molar-refractivity contribution in [1.29, 1.82) is 0 Å². The normalized spacial score (nSPS) is 8.50. The van der Waals surface area contributed by atoms with E-state index < -0.39 is 0 Å². The van der Waals surface area contributed by atoms with E-state index in [1.165, 1.54) is 0 Å². The molecular weight excluding hydrogens is 100 g/mol. The number of hydrogen-bond acceptors (Lipinski definition) is 0. The van der Waals surface area contributed by atoms with Crippen LogP contribution in [-0.2, 0) is 0 Å². The second-order valence-electron chi connectivity index (χ2n) is 1.64. The monoisotopic (exact) mass is 106 g/mol. The van der Waals surface area contributed by atoms with Gasteiger partial charge in [0.1, 0.15) is 0 Å². The Kier molecular flexibility index (Phi) is 1.05. The van der Waals surface area contributed by atoms with E-state index in [-0.39, 0.29) is 0 Å². The first kappa shape index (κ1) is 4.92. The van der Waals surface area contributed by atoms with Gasteiger partial charge in [0.25, 0.3) is 0 Å². The van der Waals surface area contributed by atoms with Gasteiger partial charge in [0.05, 0.1) is 5.69 Å². The van der Waals surface area contributed by atoms with E-state index in [1.807, 2.05) is 13.0 Å². The molecule has 0 aromatic carbocycles. The van der Waals surface area contributed by atoms with E-state index in [1.54, 1.807) is 6.07 Å². The summed E-state index contributed by atoms with van der Waals surface area (Å²) in [6.07, 6.45) is 0. The molecule has 0 aliphatic carbocycles. The number of H-pyrrole nitrogens is 1. The third-order valence-corrected chi connectivity index (χ3v) is 0.937. The number of nitrogens with zero attached hydrogens (tertiary/aromatic N) is 1. The predicted molar refractivity (Wildman–Crippen MR) is 31.8 cm³/mol. The lowest BCUT2D eigenvalue weighted by Crippen LogP contribution is -1.62. The lowest BCUT2D eigenvalue weighted by molar-refractivity contribution is 1.28. The van der Waals surface area contributed by atoms with Gasteiger partial charge in [-0.1, -0.05) is 6.57 Å². The smallest absolute Gasteiger partial charge is 0.228 e. The third kappa shape index (κ3) is 0.710. The molecule has 0 atom stereocenters. The van der Waals surface area contributed by atoms with Gasteiger partial charge in [0, 0.05) is 0 Å². The maximum atomic E-state index is 6.55. The van der Waals surface area contributed by atoms with E-state index >= 15 is 0 Å². The molecule has 0 saturated heterocycles. The topological polar surface area (TPSA) is 20.1 Å².